The van der Waals surface area contributed by atoms with E-state index in [0.29, 0.717) is 18.0 Å². The molecule has 1 atom stereocenters. The Bertz CT molecular complexity index is 518. The molecule has 1 fully saturated rings. The largest absolute Gasteiger partial charge is 0.326 e. The SMILES string of the molecule is CN(C)C1CCN(CCC(=O)Nc2ccc(C#N)cc2)C1. The van der Waals surface area contributed by atoms with Crippen molar-refractivity contribution < 1.29 is 4.79 Å². The number of nitrogens with zero attached hydrogens (tertiary/aromatic N) is 3. The predicted octanol–water partition coefficient (Wildman–Crippen LogP) is 1.52. The molecule has 5 heteroatoms. The second-order valence-corrected chi connectivity index (χ2v) is 5.69. The van der Waals surface area contributed by atoms with Crippen molar-refractivity contribution in [2.45, 2.75) is 18.9 Å². The first-order chi connectivity index (χ1) is 10.1. The van der Waals surface area contributed by atoms with Crippen LogP contribution in [0.3, 0.4) is 0 Å². The molecule has 1 saturated heterocycles. The Hall–Kier alpha value is -1.90. The summed E-state index contributed by atoms with van der Waals surface area (Å²) in [5.41, 5.74) is 1.34. The van der Waals surface area contributed by atoms with E-state index in [0.717, 1.165) is 25.3 Å². The smallest absolute Gasteiger partial charge is 0.225 e. The maximum Gasteiger partial charge on any atom is 0.225 e. The molecule has 112 valence electrons. The molecule has 0 aliphatic carbocycles. The van der Waals surface area contributed by atoms with E-state index in [-0.39, 0.29) is 5.91 Å². The van der Waals surface area contributed by atoms with Crippen LogP contribution in [0.5, 0.6) is 0 Å². The van der Waals surface area contributed by atoms with Crippen molar-refractivity contribution in [1.29, 1.82) is 5.26 Å². The number of rotatable bonds is 5. The van der Waals surface area contributed by atoms with Gasteiger partial charge >= 0.3 is 0 Å². The third-order valence-corrected chi connectivity index (χ3v) is 3.93. The molecule has 1 aliphatic heterocycles. The zero-order chi connectivity index (χ0) is 15.2. The van der Waals surface area contributed by atoms with Crippen LogP contribution in [-0.4, -0.2) is 55.5 Å². The Balaban J connectivity index is 1.74. The van der Waals surface area contributed by atoms with Gasteiger partial charge in [-0.3, -0.25) is 4.79 Å². The Morgan fingerprint density at radius 1 is 1.43 bits per heavy atom. The number of nitrogens with one attached hydrogen (secondary N) is 1. The molecule has 0 aromatic heterocycles. The summed E-state index contributed by atoms with van der Waals surface area (Å²) in [5.74, 6) is 0.0213. The van der Waals surface area contributed by atoms with Crippen molar-refractivity contribution in [3.63, 3.8) is 0 Å². The molecule has 1 aromatic carbocycles. The van der Waals surface area contributed by atoms with E-state index < -0.39 is 0 Å². The van der Waals surface area contributed by atoms with Crippen LogP contribution < -0.4 is 5.32 Å². The molecular formula is C16H22N4O. The highest BCUT2D eigenvalue weighted by Crippen LogP contribution is 2.14. The summed E-state index contributed by atoms with van der Waals surface area (Å²) in [6.45, 7) is 2.90. The Kier molecular flexibility index (Phi) is 5.32. The molecule has 1 N–H and O–H groups in total. The van der Waals surface area contributed by atoms with Gasteiger partial charge in [-0.05, 0) is 51.3 Å². The van der Waals surface area contributed by atoms with Crippen LogP contribution in [-0.2, 0) is 4.79 Å². The number of amides is 1. The molecule has 1 aliphatic rings. The van der Waals surface area contributed by atoms with Gasteiger partial charge in [0.1, 0.15) is 0 Å². The fourth-order valence-electron chi connectivity index (χ4n) is 2.55. The molecule has 2 rings (SSSR count). The first-order valence-electron chi connectivity index (χ1n) is 7.27. The van der Waals surface area contributed by atoms with Crippen LogP contribution in [0.2, 0.25) is 0 Å². The normalized spacial score (nSPS) is 18.7. The molecule has 1 aromatic rings. The Morgan fingerprint density at radius 3 is 2.71 bits per heavy atom. The van der Waals surface area contributed by atoms with Crippen molar-refractivity contribution in [2.75, 3.05) is 39.0 Å². The van der Waals surface area contributed by atoms with Gasteiger partial charge in [0.15, 0.2) is 0 Å². The van der Waals surface area contributed by atoms with Crippen LogP contribution in [0.15, 0.2) is 24.3 Å². The first kappa shape index (κ1) is 15.5. The topological polar surface area (TPSA) is 59.4 Å². The number of hydrogen-bond donors (Lipinski definition) is 1. The molecular weight excluding hydrogens is 264 g/mol. The number of carbonyl (C=O) groups excluding carboxylic acids is 1. The molecule has 1 amide bonds. The molecule has 1 heterocycles. The van der Waals surface area contributed by atoms with Crippen molar-refractivity contribution in [3.8, 4) is 6.07 Å². The van der Waals surface area contributed by atoms with Gasteiger partial charge in [-0.15, -0.1) is 0 Å². The number of hydrogen-bond acceptors (Lipinski definition) is 4. The van der Waals surface area contributed by atoms with E-state index in [1.165, 1.54) is 6.42 Å². The van der Waals surface area contributed by atoms with Gasteiger partial charge in [0.25, 0.3) is 0 Å². The predicted molar refractivity (Wildman–Crippen MR) is 82.9 cm³/mol. The Morgan fingerprint density at radius 2 is 2.14 bits per heavy atom. The maximum absolute atomic E-state index is 11.9. The van der Waals surface area contributed by atoms with E-state index >= 15 is 0 Å². The fraction of sp³-hybridized carbons (Fsp3) is 0.500. The summed E-state index contributed by atoms with van der Waals surface area (Å²) in [4.78, 5) is 16.5. The third-order valence-electron chi connectivity index (χ3n) is 3.93. The summed E-state index contributed by atoms with van der Waals surface area (Å²) in [7, 11) is 4.21. The first-order valence-corrected chi connectivity index (χ1v) is 7.27. The highest BCUT2D eigenvalue weighted by atomic mass is 16.1. The average molecular weight is 286 g/mol. The second kappa shape index (κ2) is 7.21. The van der Waals surface area contributed by atoms with E-state index in [1.54, 1.807) is 24.3 Å². The summed E-state index contributed by atoms with van der Waals surface area (Å²) < 4.78 is 0. The molecule has 0 saturated carbocycles. The van der Waals surface area contributed by atoms with Crippen molar-refractivity contribution in [2.24, 2.45) is 0 Å². The molecule has 21 heavy (non-hydrogen) atoms. The van der Waals surface area contributed by atoms with Crippen molar-refractivity contribution in [1.82, 2.24) is 9.80 Å². The molecule has 1 unspecified atom stereocenters. The quantitative estimate of drug-likeness (QED) is 0.891. The average Bonchev–Trinajstić information content (AvgIpc) is 2.95. The number of nitriles is 1. The minimum Gasteiger partial charge on any atom is -0.326 e. The van der Waals surface area contributed by atoms with Crippen molar-refractivity contribution >= 4 is 11.6 Å². The third kappa shape index (κ3) is 4.55. The van der Waals surface area contributed by atoms with Crippen LogP contribution in [0, 0.1) is 11.3 Å². The summed E-state index contributed by atoms with van der Waals surface area (Å²) in [6, 6.07) is 9.59. The second-order valence-electron chi connectivity index (χ2n) is 5.69. The monoisotopic (exact) mass is 286 g/mol. The summed E-state index contributed by atoms with van der Waals surface area (Å²) in [5, 5.41) is 11.6. The van der Waals surface area contributed by atoms with E-state index in [1.807, 2.05) is 0 Å². The number of carbonyl (C=O) groups is 1. The number of likely N-dealkylation sites (tertiary alicyclic amines) is 1. The lowest BCUT2D eigenvalue weighted by molar-refractivity contribution is -0.116. The number of benzene rings is 1. The van der Waals surface area contributed by atoms with E-state index in [9.17, 15) is 4.79 Å². The Labute approximate surface area is 126 Å². The van der Waals surface area contributed by atoms with Crippen LogP contribution in [0.25, 0.3) is 0 Å². The lowest BCUT2D eigenvalue weighted by Gasteiger charge is -2.20. The van der Waals surface area contributed by atoms with E-state index in [2.05, 4.69) is 35.3 Å². The van der Waals surface area contributed by atoms with Gasteiger partial charge in [-0.25, -0.2) is 0 Å². The van der Waals surface area contributed by atoms with Gasteiger partial charge in [0.05, 0.1) is 11.6 Å². The van der Waals surface area contributed by atoms with Gasteiger partial charge in [-0.1, -0.05) is 0 Å². The number of anilines is 1. The van der Waals surface area contributed by atoms with Crippen molar-refractivity contribution in [3.05, 3.63) is 29.8 Å². The highest BCUT2D eigenvalue weighted by Gasteiger charge is 2.23. The zero-order valence-corrected chi connectivity index (χ0v) is 12.7. The number of likely N-dealkylation sites (N-methyl/N-ethyl adjacent to an activating group) is 1. The molecule has 0 radical (unpaired) electrons. The van der Waals surface area contributed by atoms with E-state index in [4.69, 9.17) is 5.26 Å². The summed E-state index contributed by atoms with van der Waals surface area (Å²) in [6.07, 6.45) is 1.67. The lowest BCUT2D eigenvalue weighted by Crippen LogP contribution is -2.32. The molecule has 0 spiro atoms. The van der Waals surface area contributed by atoms with Gasteiger partial charge in [-0.2, -0.15) is 5.26 Å². The highest BCUT2D eigenvalue weighted by molar-refractivity contribution is 5.90. The van der Waals surface area contributed by atoms with Gasteiger partial charge in [0, 0.05) is 31.2 Å². The van der Waals surface area contributed by atoms with Crippen LogP contribution >= 0.6 is 0 Å². The minimum atomic E-state index is 0.0213. The van der Waals surface area contributed by atoms with Gasteiger partial charge < -0.3 is 15.1 Å². The fourth-order valence-corrected chi connectivity index (χ4v) is 2.55. The minimum absolute atomic E-state index is 0.0213. The van der Waals surface area contributed by atoms with Crippen LogP contribution in [0.4, 0.5) is 5.69 Å². The molecule has 0 bridgehead atoms. The summed E-state index contributed by atoms with van der Waals surface area (Å²) >= 11 is 0. The molecule has 5 nitrogen and oxygen atoms in total. The lowest BCUT2D eigenvalue weighted by atomic mass is 10.2. The maximum atomic E-state index is 11.9. The van der Waals surface area contributed by atoms with Gasteiger partial charge in [0.2, 0.25) is 5.91 Å². The van der Waals surface area contributed by atoms with Crippen LogP contribution in [0.1, 0.15) is 18.4 Å². The standard InChI is InChI=1S/C16H22N4O/c1-19(2)15-7-9-20(12-15)10-8-16(21)18-14-5-3-13(11-17)4-6-14/h3-6,15H,7-10,12H2,1-2H3,(H,18,21). The zero-order valence-electron chi connectivity index (χ0n) is 12.7.